The summed E-state index contributed by atoms with van der Waals surface area (Å²) in [5.74, 6) is -2.18. The number of amides is 2. The van der Waals surface area contributed by atoms with Gasteiger partial charge < -0.3 is 11.1 Å². The van der Waals surface area contributed by atoms with Crippen LogP contribution in [0.3, 0.4) is 0 Å². The fraction of sp³-hybridized carbons (Fsp3) is 0.111. The molecule has 0 spiro atoms. The molecule has 2 amide bonds. The van der Waals surface area contributed by atoms with Crippen molar-refractivity contribution in [2.24, 2.45) is 5.73 Å². The van der Waals surface area contributed by atoms with Gasteiger partial charge in [-0.05, 0) is 18.2 Å². The molecule has 0 aromatic heterocycles. The number of carbonyl (C=O) groups is 2. The lowest BCUT2D eigenvalue weighted by Crippen LogP contribution is -2.20. The van der Waals surface area contributed by atoms with Gasteiger partial charge in [0, 0.05) is 5.69 Å². The number of halogens is 3. The first-order valence-electron chi connectivity index (χ1n) is 4.10. The highest BCUT2D eigenvalue weighted by Crippen LogP contribution is 2.20. The molecule has 16 heavy (non-hydrogen) atoms. The third-order valence-electron chi connectivity index (χ3n) is 1.70. The first kappa shape index (κ1) is 12.4. The number of benzene rings is 1. The van der Waals surface area contributed by atoms with E-state index in [1.54, 1.807) is 0 Å². The van der Waals surface area contributed by atoms with Gasteiger partial charge in [0.1, 0.15) is 0 Å². The molecular weight excluding hydrogens is 242 g/mol. The van der Waals surface area contributed by atoms with E-state index in [-0.39, 0.29) is 16.3 Å². The molecule has 0 bridgehead atoms. The van der Waals surface area contributed by atoms with Crippen molar-refractivity contribution in [3.05, 3.63) is 28.8 Å². The van der Waals surface area contributed by atoms with Gasteiger partial charge in [0.15, 0.2) is 0 Å². The Hall–Kier alpha value is -1.69. The molecule has 0 unspecified atom stereocenters. The summed E-state index contributed by atoms with van der Waals surface area (Å²) >= 11 is 5.65. The van der Waals surface area contributed by atoms with Crippen LogP contribution in [-0.4, -0.2) is 18.2 Å². The summed E-state index contributed by atoms with van der Waals surface area (Å²) in [4.78, 5) is 21.4. The highest BCUT2D eigenvalue weighted by Gasteiger charge is 2.15. The highest BCUT2D eigenvalue weighted by molar-refractivity contribution is 6.34. The van der Waals surface area contributed by atoms with Gasteiger partial charge in [-0.1, -0.05) is 11.6 Å². The third-order valence-corrected chi connectivity index (χ3v) is 2.01. The van der Waals surface area contributed by atoms with E-state index in [2.05, 4.69) is 0 Å². The lowest BCUT2D eigenvalue weighted by molar-refractivity contribution is -0.126. The topological polar surface area (TPSA) is 72.2 Å². The van der Waals surface area contributed by atoms with Gasteiger partial charge in [0.2, 0.25) is 5.91 Å². The lowest BCUT2D eigenvalue weighted by Gasteiger charge is -2.06. The van der Waals surface area contributed by atoms with Crippen LogP contribution in [-0.2, 0) is 4.79 Å². The maximum absolute atomic E-state index is 11.9. The molecule has 0 aliphatic heterocycles. The predicted molar refractivity (Wildman–Crippen MR) is 54.6 cm³/mol. The Kier molecular flexibility index (Phi) is 3.78. The van der Waals surface area contributed by atoms with Gasteiger partial charge in [-0.15, -0.1) is 0 Å². The SMILES string of the molecule is NC(=O)c1ccc(NC(=O)C(F)F)cc1Cl. The Balaban J connectivity index is 2.90. The number of alkyl halides is 2. The normalized spacial score (nSPS) is 10.2. The minimum atomic E-state index is -3.12. The first-order valence-corrected chi connectivity index (χ1v) is 4.48. The van der Waals surface area contributed by atoms with Crippen LogP contribution in [0, 0.1) is 0 Å². The van der Waals surface area contributed by atoms with Crippen LogP contribution in [0.4, 0.5) is 14.5 Å². The highest BCUT2D eigenvalue weighted by atomic mass is 35.5. The Morgan fingerprint density at radius 2 is 2.00 bits per heavy atom. The van der Waals surface area contributed by atoms with E-state index >= 15 is 0 Å². The molecule has 0 saturated carbocycles. The van der Waals surface area contributed by atoms with Gasteiger partial charge in [0.05, 0.1) is 10.6 Å². The number of hydrogen-bond donors (Lipinski definition) is 2. The summed E-state index contributed by atoms with van der Waals surface area (Å²) in [6, 6.07) is 3.67. The molecule has 0 saturated heterocycles. The second kappa shape index (κ2) is 4.89. The maximum atomic E-state index is 11.9. The molecule has 0 atom stereocenters. The van der Waals surface area contributed by atoms with Crippen LogP contribution >= 0.6 is 11.6 Å². The van der Waals surface area contributed by atoms with E-state index in [9.17, 15) is 18.4 Å². The van der Waals surface area contributed by atoms with Crippen LogP contribution in [0.5, 0.6) is 0 Å². The molecule has 3 N–H and O–H groups in total. The smallest absolute Gasteiger partial charge is 0.315 e. The fourth-order valence-electron chi connectivity index (χ4n) is 0.990. The van der Waals surface area contributed by atoms with Crippen molar-refractivity contribution >= 4 is 29.1 Å². The van der Waals surface area contributed by atoms with Gasteiger partial charge in [0.25, 0.3) is 5.91 Å². The van der Waals surface area contributed by atoms with E-state index in [4.69, 9.17) is 17.3 Å². The molecule has 0 aliphatic carbocycles. The fourth-order valence-corrected chi connectivity index (χ4v) is 1.26. The number of nitrogens with one attached hydrogen (secondary N) is 1. The Morgan fingerprint density at radius 1 is 1.38 bits per heavy atom. The largest absolute Gasteiger partial charge is 0.366 e. The van der Waals surface area contributed by atoms with Crippen molar-refractivity contribution in [1.29, 1.82) is 0 Å². The number of carbonyl (C=O) groups excluding carboxylic acids is 2. The number of primary amides is 1. The van der Waals surface area contributed by atoms with Gasteiger partial charge in [-0.2, -0.15) is 8.78 Å². The van der Waals surface area contributed by atoms with E-state index in [0.717, 1.165) is 0 Å². The summed E-state index contributed by atoms with van der Waals surface area (Å²) in [5.41, 5.74) is 5.11. The van der Waals surface area contributed by atoms with Crippen molar-refractivity contribution < 1.29 is 18.4 Å². The monoisotopic (exact) mass is 248 g/mol. The lowest BCUT2D eigenvalue weighted by atomic mass is 10.2. The molecule has 1 rings (SSSR count). The molecule has 86 valence electrons. The zero-order valence-corrected chi connectivity index (χ0v) is 8.59. The summed E-state index contributed by atoms with van der Waals surface area (Å²) in [6.07, 6.45) is -3.12. The molecular formula is C9H7ClF2N2O2. The number of anilines is 1. The third kappa shape index (κ3) is 2.90. The standard InChI is InChI=1S/C9H7ClF2N2O2/c10-6-3-4(14-9(16)7(11)12)1-2-5(6)8(13)15/h1-3,7H,(H2,13,15)(H,14,16). The second-order valence-electron chi connectivity index (χ2n) is 2.85. The number of nitrogens with two attached hydrogens (primary N) is 1. The Bertz CT molecular complexity index is 438. The Morgan fingerprint density at radius 3 is 2.44 bits per heavy atom. The van der Waals surface area contributed by atoms with Crippen molar-refractivity contribution in [3.8, 4) is 0 Å². The molecule has 1 aromatic rings. The van der Waals surface area contributed by atoms with Crippen LogP contribution < -0.4 is 11.1 Å². The van der Waals surface area contributed by atoms with E-state index in [0.29, 0.717) is 0 Å². The van der Waals surface area contributed by atoms with Crippen molar-refractivity contribution in [2.75, 3.05) is 5.32 Å². The van der Waals surface area contributed by atoms with Crippen LogP contribution in [0.25, 0.3) is 0 Å². The zero-order chi connectivity index (χ0) is 12.3. The summed E-state index contributed by atoms with van der Waals surface area (Å²) in [6.45, 7) is 0. The summed E-state index contributed by atoms with van der Waals surface area (Å²) < 4.78 is 23.8. The molecule has 4 nitrogen and oxygen atoms in total. The maximum Gasteiger partial charge on any atom is 0.315 e. The zero-order valence-electron chi connectivity index (χ0n) is 7.84. The average molecular weight is 249 g/mol. The van der Waals surface area contributed by atoms with E-state index < -0.39 is 18.2 Å². The van der Waals surface area contributed by atoms with Crippen LogP contribution in [0.2, 0.25) is 5.02 Å². The molecule has 1 aromatic carbocycles. The van der Waals surface area contributed by atoms with E-state index in [1.165, 1.54) is 18.2 Å². The van der Waals surface area contributed by atoms with Crippen LogP contribution in [0.15, 0.2) is 18.2 Å². The molecule has 7 heteroatoms. The summed E-state index contributed by atoms with van der Waals surface area (Å²) in [5, 5.41) is 1.91. The van der Waals surface area contributed by atoms with Crippen molar-refractivity contribution in [2.45, 2.75) is 6.43 Å². The minimum absolute atomic E-state index is 0.0143. The quantitative estimate of drug-likeness (QED) is 0.854. The average Bonchev–Trinajstić information content (AvgIpc) is 2.16. The van der Waals surface area contributed by atoms with Crippen molar-refractivity contribution in [1.82, 2.24) is 0 Å². The summed E-state index contributed by atoms with van der Waals surface area (Å²) in [7, 11) is 0. The van der Waals surface area contributed by atoms with Gasteiger partial charge >= 0.3 is 6.43 Å². The first-order chi connectivity index (χ1) is 7.41. The molecule has 0 radical (unpaired) electrons. The van der Waals surface area contributed by atoms with Gasteiger partial charge in [-0.3, -0.25) is 9.59 Å². The molecule has 0 heterocycles. The van der Waals surface area contributed by atoms with Crippen LogP contribution in [0.1, 0.15) is 10.4 Å². The predicted octanol–water partition coefficient (Wildman–Crippen LogP) is 1.64. The number of rotatable bonds is 3. The van der Waals surface area contributed by atoms with Crippen molar-refractivity contribution in [3.63, 3.8) is 0 Å². The van der Waals surface area contributed by atoms with Gasteiger partial charge in [-0.25, -0.2) is 0 Å². The molecule has 0 aliphatic rings. The second-order valence-corrected chi connectivity index (χ2v) is 3.26. The minimum Gasteiger partial charge on any atom is -0.366 e. The molecule has 0 fully saturated rings. The Labute approximate surface area is 94.4 Å². The van der Waals surface area contributed by atoms with E-state index in [1.807, 2.05) is 5.32 Å². The number of hydrogen-bond acceptors (Lipinski definition) is 2.